The summed E-state index contributed by atoms with van der Waals surface area (Å²) in [5.41, 5.74) is 0.515. The second-order valence-electron chi connectivity index (χ2n) is 5.09. The fourth-order valence-electron chi connectivity index (χ4n) is 2.46. The molecule has 2 rings (SSSR count). The number of amides is 2. The summed E-state index contributed by atoms with van der Waals surface area (Å²) in [7, 11) is 4.52. The maximum absolute atomic E-state index is 12.2. The first-order valence-corrected chi connectivity index (χ1v) is 7.30. The van der Waals surface area contributed by atoms with Crippen LogP contribution in [-0.2, 0) is 9.59 Å². The molecule has 0 aromatic heterocycles. The van der Waals surface area contributed by atoms with Gasteiger partial charge in [0.05, 0.1) is 40.8 Å². The molecule has 0 bridgehead atoms. The van der Waals surface area contributed by atoms with Gasteiger partial charge in [-0.25, -0.2) is 0 Å². The van der Waals surface area contributed by atoms with Gasteiger partial charge in [-0.2, -0.15) is 0 Å². The van der Waals surface area contributed by atoms with Crippen molar-refractivity contribution < 1.29 is 29.1 Å². The number of carbonyl (C=O) groups is 2. The van der Waals surface area contributed by atoms with Crippen LogP contribution >= 0.6 is 0 Å². The molecule has 0 spiro atoms. The van der Waals surface area contributed by atoms with Crippen LogP contribution in [0.15, 0.2) is 12.1 Å². The topological polar surface area (TPSA) is 102 Å². The summed E-state index contributed by atoms with van der Waals surface area (Å²) in [4.78, 5) is 23.8. The van der Waals surface area contributed by atoms with Crippen LogP contribution < -0.4 is 30.2 Å². The summed E-state index contributed by atoms with van der Waals surface area (Å²) in [5, 5.41) is 7.37. The van der Waals surface area contributed by atoms with Crippen LogP contribution in [-0.4, -0.2) is 52.3 Å². The number of methoxy groups -OCH3 is 3. The first-order chi connectivity index (χ1) is 11.1. The molecule has 0 radical (unpaired) electrons. The lowest BCUT2D eigenvalue weighted by Gasteiger charge is -2.20. The van der Waals surface area contributed by atoms with E-state index in [1.165, 1.54) is 21.3 Å². The van der Waals surface area contributed by atoms with Crippen molar-refractivity contribution in [3.63, 3.8) is 0 Å². The van der Waals surface area contributed by atoms with Crippen LogP contribution in [0.1, 0.15) is 6.42 Å². The Morgan fingerprint density at radius 3 is 2.43 bits per heavy atom. The lowest BCUT2D eigenvalue weighted by molar-refractivity contribution is -0.678. The highest BCUT2D eigenvalue weighted by Crippen LogP contribution is 2.39. The summed E-state index contributed by atoms with van der Waals surface area (Å²) in [6, 6.07) is 2.89. The second-order valence-corrected chi connectivity index (χ2v) is 5.09. The highest BCUT2D eigenvalue weighted by Gasteiger charge is 2.28. The van der Waals surface area contributed by atoms with E-state index in [1.54, 1.807) is 12.1 Å². The Morgan fingerprint density at radius 2 is 1.91 bits per heavy atom. The number of rotatable bonds is 6. The van der Waals surface area contributed by atoms with Crippen LogP contribution in [0.2, 0.25) is 0 Å². The molecule has 1 heterocycles. The number of hydrogen-bond acceptors (Lipinski definition) is 5. The number of anilines is 1. The molecule has 1 saturated heterocycles. The zero-order chi connectivity index (χ0) is 16.8. The monoisotopic (exact) mass is 324 g/mol. The fraction of sp³-hybridized carbons (Fsp3) is 0.467. The van der Waals surface area contributed by atoms with Gasteiger partial charge in [0.25, 0.3) is 5.91 Å². The first-order valence-electron chi connectivity index (χ1n) is 7.30. The molecule has 0 aliphatic carbocycles. The van der Waals surface area contributed by atoms with E-state index in [0.29, 0.717) is 29.5 Å². The third-order valence-corrected chi connectivity index (χ3v) is 3.59. The van der Waals surface area contributed by atoms with Gasteiger partial charge < -0.3 is 30.2 Å². The van der Waals surface area contributed by atoms with Crippen molar-refractivity contribution in [3.05, 3.63) is 12.1 Å². The first kappa shape index (κ1) is 16.9. The van der Waals surface area contributed by atoms with Gasteiger partial charge in [-0.15, -0.1) is 0 Å². The quantitative estimate of drug-likeness (QED) is 0.629. The van der Waals surface area contributed by atoms with Gasteiger partial charge in [0.2, 0.25) is 11.7 Å². The molecule has 1 atom stereocenters. The van der Waals surface area contributed by atoms with Gasteiger partial charge in [0.15, 0.2) is 17.5 Å². The van der Waals surface area contributed by atoms with Crippen molar-refractivity contribution in [2.24, 2.45) is 0 Å². The molecule has 1 aliphatic heterocycles. The predicted octanol–water partition coefficient (Wildman–Crippen LogP) is -0.897. The third-order valence-electron chi connectivity index (χ3n) is 3.59. The average Bonchev–Trinajstić information content (AvgIpc) is 2.55. The number of nitrogens with one attached hydrogen (secondary N) is 2. The van der Waals surface area contributed by atoms with E-state index in [-0.39, 0.29) is 18.2 Å². The highest BCUT2D eigenvalue weighted by atomic mass is 16.5. The molecule has 2 amide bonds. The maximum Gasteiger partial charge on any atom is 0.278 e. The predicted molar refractivity (Wildman–Crippen MR) is 82.9 cm³/mol. The summed E-state index contributed by atoms with van der Waals surface area (Å²) in [6.45, 7) is 1.40. The van der Waals surface area contributed by atoms with Gasteiger partial charge >= 0.3 is 0 Å². The van der Waals surface area contributed by atoms with Crippen molar-refractivity contribution in [3.8, 4) is 17.2 Å². The molecule has 1 aliphatic rings. The number of ether oxygens (including phenoxy) is 3. The molecule has 23 heavy (non-hydrogen) atoms. The van der Waals surface area contributed by atoms with E-state index in [2.05, 4.69) is 10.6 Å². The lowest BCUT2D eigenvalue weighted by Crippen LogP contribution is -2.96. The molecule has 1 aromatic carbocycles. The van der Waals surface area contributed by atoms with Crippen molar-refractivity contribution in [2.75, 3.05) is 39.7 Å². The minimum Gasteiger partial charge on any atom is -0.493 e. The molecular weight excluding hydrogens is 302 g/mol. The van der Waals surface area contributed by atoms with Gasteiger partial charge in [-0.3, -0.25) is 9.59 Å². The van der Waals surface area contributed by atoms with Gasteiger partial charge in [-0.05, 0) is 0 Å². The third kappa shape index (κ3) is 4.04. The average molecular weight is 324 g/mol. The van der Waals surface area contributed by atoms with E-state index in [0.717, 1.165) is 6.54 Å². The summed E-state index contributed by atoms with van der Waals surface area (Å²) in [5.74, 6) is 0.982. The zero-order valence-electron chi connectivity index (χ0n) is 13.5. The van der Waals surface area contributed by atoms with Crippen molar-refractivity contribution >= 4 is 17.5 Å². The number of piperazine rings is 1. The molecule has 4 N–H and O–H groups in total. The number of quaternary nitrogens is 1. The standard InChI is InChI=1S/C15H21N3O5/c1-21-11-6-9(7-12(22-2)14(11)23-3)18-13(19)8-10-15(20)17-5-4-16-10/h6-7,10,16H,4-5,8H2,1-3H3,(H,17,20)(H,18,19)/p+1/t10-/m0/s1. The van der Waals surface area contributed by atoms with Crippen molar-refractivity contribution in [1.82, 2.24) is 5.32 Å². The highest BCUT2D eigenvalue weighted by molar-refractivity contribution is 5.95. The Morgan fingerprint density at radius 1 is 1.26 bits per heavy atom. The number of hydrogen-bond donors (Lipinski definition) is 3. The van der Waals surface area contributed by atoms with E-state index in [1.807, 2.05) is 5.32 Å². The number of benzene rings is 1. The minimum absolute atomic E-state index is 0.0997. The largest absolute Gasteiger partial charge is 0.493 e. The van der Waals surface area contributed by atoms with E-state index in [9.17, 15) is 9.59 Å². The van der Waals surface area contributed by atoms with Crippen molar-refractivity contribution in [1.29, 1.82) is 0 Å². The molecule has 0 unspecified atom stereocenters. The van der Waals surface area contributed by atoms with E-state index < -0.39 is 6.04 Å². The van der Waals surface area contributed by atoms with Crippen LogP contribution in [0.25, 0.3) is 0 Å². The Balaban J connectivity index is 2.09. The van der Waals surface area contributed by atoms with Crippen LogP contribution in [0.3, 0.4) is 0 Å². The Labute approximate surface area is 134 Å². The Bertz CT molecular complexity index is 565. The maximum atomic E-state index is 12.2. The fourth-order valence-corrected chi connectivity index (χ4v) is 2.46. The summed E-state index contributed by atoms with van der Waals surface area (Å²) < 4.78 is 15.7. The minimum atomic E-state index is -0.397. The molecule has 1 aromatic rings. The number of nitrogens with two attached hydrogens (primary N) is 1. The summed E-state index contributed by atoms with van der Waals surface area (Å²) >= 11 is 0. The smallest absolute Gasteiger partial charge is 0.278 e. The summed E-state index contributed by atoms with van der Waals surface area (Å²) in [6.07, 6.45) is 0.0997. The number of carbonyl (C=O) groups excluding carboxylic acids is 2. The molecule has 8 nitrogen and oxygen atoms in total. The second kappa shape index (κ2) is 7.68. The van der Waals surface area contributed by atoms with Gasteiger partial charge in [0.1, 0.15) is 0 Å². The van der Waals surface area contributed by atoms with E-state index >= 15 is 0 Å². The Hall–Kier alpha value is -2.48. The van der Waals surface area contributed by atoms with Crippen LogP contribution in [0.5, 0.6) is 17.2 Å². The molecule has 0 saturated carbocycles. The van der Waals surface area contributed by atoms with Crippen LogP contribution in [0.4, 0.5) is 5.69 Å². The Kier molecular flexibility index (Phi) is 5.64. The normalized spacial score (nSPS) is 17.2. The molecule has 126 valence electrons. The lowest BCUT2D eigenvalue weighted by atomic mass is 10.1. The van der Waals surface area contributed by atoms with Gasteiger partial charge in [-0.1, -0.05) is 0 Å². The van der Waals surface area contributed by atoms with Gasteiger partial charge in [0, 0.05) is 17.8 Å². The molecule has 1 fully saturated rings. The SMILES string of the molecule is COc1cc(NC(=O)C[C@@H]2[NH2+]CCNC2=O)cc(OC)c1OC. The van der Waals surface area contributed by atoms with Crippen LogP contribution in [0, 0.1) is 0 Å². The zero-order valence-corrected chi connectivity index (χ0v) is 13.5. The molecular formula is C15H22N3O5+. The molecule has 8 heteroatoms. The van der Waals surface area contributed by atoms with E-state index in [4.69, 9.17) is 14.2 Å². The van der Waals surface area contributed by atoms with Crippen molar-refractivity contribution in [2.45, 2.75) is 12.5 Å².